The monoisotopic (exact) mass is 409 g/mol. The summed E-state index contributed by atoms with van der Waals surface area (Å²) in [5, 5.41) is 12.2. The summed E-state index contributed by atoms with van der Waals surface area (Å²) < 4.78 is 16.2. The lowest BCUT2D eigenvalue weighted by Crippen LogP contribution is -2.36. The van der Waals surface area contributed by atoms with Crippen LogP contribution in [0.5, 0.6) is 5.75 Å². The van der Waals surface area contributed by atoms with E-state index in [1.165, 1.54) is 0 Å². The first-order valence-electron chi connectivity index (χ1n) is 10.1. The molecule has 1 unspecified atom stereocenters. The molecule has 1 heterocycles. The van der Waals surface area contributed by atoms with E-state index < -0.39 is 6.04 Å². The van der Waals surface area contributed by atoms with Gasteiger partial charge >= 0.3 is 5.97 Å². The van der Waals surface area contributed by atoms with Gasteiger partial charge < -0.3 is 24.4 Å². The van der Waals surface area contributed by atoms with Gasteiger partial charge in [-0.15, -0.1) is 0 Å². The summed E-state index contributed by atoms with van der Waals surface area (Å²) in [5.74, 6) is 0.424. The van der Waals surface area contributed by atoms with Crippen LogP contribution in [0, 0.1) is 11.3 Å². The molecule has 1 N–H and O–H groups in total. The second-order valence-corrected chi connectivity index (χ2v) is 6.98. The first-order chi connectivity index (χ1) is 14.6. The van der Waals surface area contributed by atoms with E-state index in [-0.39, 0.29) is 5.97 Å². The summed E-state index contributed by atoms with van der Waals surface area (Å²) in [6, 6.07) is 14.6. The number of ether oxygens (including phenoxy) is 3. The van der Waals surface area contributed by atoms with Crippen LogP contribution in [0.15, 0.2) is 42.5 Å². The summed E-state index contributed by atoms with van der Waals surface area (Å²) >= 11 is 0. The Hall–Kier alpha value is -3.24. The molecule has 158 valence electrons. The van der Waals surface area contributed by atoms with Crippen LogP contribution in [0.3, 0.4) is 0 Å². The Labute approximate surface area is 177 Å². The van der Waals surface area contributed by atoms with E-state index in [4.69, 9.17) is 19.5 Å². The Bertz CT molecular complexity index is 886. The third-order valence-electron chi connectivity index (χ3n) is 4.93. The SMILES string of the molecule is CCOC(=O)C(Cc1cc(OC)cc(N2CCOCC2)c1)Nc1ccc(C#N)cc1. The molecule has 2 aromatic carbocycles. The number of esters is 1. The van der Waals surface area contributed by atoms with Crippen LogP contribution in [0.4, 0.5) is 11.4 Å². The van der Waals surface area contributed by atoms with Crippen molar-refractivity contribution in [3.8, 4) is 11.8 Å². The standard InChI is InChI=1S/C23H27N3O4/c1-3-30-23(27)22(25-19-6-4-17(16-24)5-7-19)14-18-12-20(15-21(13-18)28-2)26-8-10-29-11-9-26/h4-7,12-13,15,22,25H,3,8-11,14H2,1-2H3. The van der Waals surface area contributed by atoms with Crippen molar-refractivity contribution < 1.29 is 19.0 Å². The number of benzene rings is 2. The molecule has 30 heavy (non-hydrogen) atoms. The third-order valence-corrected chi connectivity index (χ3v) is 4.93. The maximum Gasteiger partial charge on any atom is 0.328 e. The minimum atomic E-state index is -0.567. The van der Waals surface area contributed by atoms with Crippen LogP contribution in [0.1, 0.15) is 18.1 Å². The molecule has 0 aromatic heterocycles. The minimum absolute atomic E-state index is 0.307. The van der Waals surface area contributed by atoms with E-state index in [1.54, 1.807) is 38.3 Å². The van der Waals surface area contributed by atoms with Crippen LogP contribution in [0.25, 0.3) is 0 Å². The summed E-state index contributed by atoms with van der Waals surface area (Å²) in [4.78, 5) is 14.9. The number of hydrogen-bond acceptors (Lipinski definition) is 7. The average Bonchev–Trinajstić information content (AvgIpc) is 2.79. The highest BCUT2D eigenvalue weighted by molar-refractivity contribution is 5.80. The van der Waals surface area contributed by atoms with Crippen molar-refractivity contribution in [2.24, 2.45) is 0 Å². The molecule has 0 bridgehead atoms. The summed E-state index contributed by atoms with van der Waals surface area (Å²) in [7, 11) is 1.64. The van der Waals surface area contributed by atoms with E-state index in [9.17, 15) is 4.79 Å². The molecule has 0 saturated carbocycles. The third kappa shape index (κ3) is 5.65. The molecular formula is C23H27N3O4. The zero-order chi connectivity index (χ0) is 21.3. The van der Waals surface area contributed by atoms with Crippen molar-refractivity contribution in [3.05, 3.63) is 53.6 Å². The van der Waals surface area contributed by atoms with Gasteiger partial charge in [-0.2, -0.15) is 5.26 Å². The Morgan fingerprint density at radius 3 is 2.60 bits per heavy atom. The molecular weight excluding hydrogens is 382 g/mol. The number of anilines is 2. The zero-order valence-corrected chi connectivity index (χ0v) is 17.4. The predicted molar refractivity (Wildman–Crippen MR) is 115 cm³/mol. The lowest BCUT2D eigenvalue weighted by molar-refractivity contribution is -0.144. The molecule has 3 rings (SSSR count). The van der Waals surface area contributed by atoms with Crippen molar-refractivity contribution >= 4 is 17.3 Å². The highest BCUT2D eigenvalue weighted by Gasteiger charge is 2.22. The largest absolute Gasteiger partial charge is 0.497 e. The van der Waals surface area contributed by atoms with Gasteiger partial charge in [0.05, 0.1) is 38.6 Å². The zero-order valence-electron chi connectivity index (χ0n) is 17.4. The first kappa shape index (κ1) is 21.5. The van der Waals surface area contributed by atoms with Gasteiger partial charge in [-0.25, -0.2) is 4.79 Å². The quantitative estimate of drug-likeness (QED) is 0.671. The van der Waals surface area contributed by atoms with Gasteiger partial charge in [-0.05, 0) is 48.9 Å². The Kier molecular flexibility index (Phi) is 7.52. The van der Waals surface area contributed by atoms with Gasteiger partial charge in [0.15, 0.2) is 0 Å². The fraction of sp³-hybridized carbons (Fsp3) is 0.391. The fourth-order valence-electron chi connectivity index (χ4n) is 3.40. The molecule has 7 nitrogen and oxygen atoms in total. The van der Waals surface area contributed by atoms with Crippen LogP contribution in [0.2, 0.25) is 0 Å². The number of nitrogens with one attached hydrogen (secondary N) is 1. The number of rotatable bonds is 8. The predicted octanol–water partition coefficient (Wildman–Crippen LogP) is 2.99. The van der Waals surface area contributed by atoms with Crippen molar-refractivity contribution in [1.82, 2.24) is 0 Å². The summed E-state index contributed by atoms with van der Waals surface area (Å²) in [6.07, 6.45) is 0.438. The number of nitriles is 1. The smallest absolute Gasteiger partial charge is 0.328 e. The number of nitrogens with zero attached hydrogens (tertiary/aromatic N) is 2. The van der Waals surface area contributed by atoms with Gasteiger partial charge in [0.25, 0.3) is 0 Å². The van der Waals surface area contributed by atoms with Gasteiger partial charge in [0.2, 0.25) is 0 Å². The number of carbonyl (C=O) groups excluding carboxylic acids is 1. The van der Waals surface area contributed by atoms with E-state index in [0.717, 1.165) is 35.8 Å². The molecule has 0 aliphatic carbocycles. The van der Waals surface area contributed by atoms with Crippen molar-refractivity contribution in [1.29, 1.82) is 5.26 Å². The molecule has 0 spiro atoms. The number of hydrogen-bond donors (Lipinski definition) is 1. The normalized spacial score (nSPS) is 14.5. The highest BCUT2D eigenvalue weighted by Crippen LogP contribution is 2.26. The maximum atomic E-state index is 12.6. The van der Waals surface area contributed by atoms with Crippen molar-refractivity contribution in [2.75, 3.05) is 50.2 Å². The fourth-order valence-corrected chi connectivity index (χ4v) is 3.40. The lowest BCUT2D eigenvalue weighted by atomic mass is 10.0. The van der Waals surface area contributed by atoms with E-state index >= 15 is 0 Å². The molecule has 0 radical (unpaired) electrons. The molecule has 1 atom stereocenters. The summed E-state index contributed by atoms with van der Waals surface area (Å²) in [6.45, 7) is 5.12. The Balaban J connectivity index is 1.83. The van der Waals surface area contributed by atoms with E-state index in [1.807, 2.05) is 12.1 Å². The number of methoxy groups -OCH3 is 1. The van der Waals surface area contributed by atoms with Crippen LogP contribution >= 0.6 is 0 Å². The molecule has 2 aromatic rings. The van der Waals surface area contributed by atoms with E-state index in [2.05, 4.69) is 22.4 Å². The van der Waals surface area contributed by atoms with Gasteiger partial charge in [0, 0.05) is 37.0 Å². The minimum Gasteiger partial charge on any atom is -0.497 e. The highest BCUT2D eigenvalue weighted by atomic mass is 16.5. The Morgan fingerprint density at radius 1 is 1.23 bits per heavy atom. The Morgan fingerprint density at radius 2 is 1.97 bits per heavy atom. The molecule has 1 saturated heterocycles. The molecule has 1 fully saturated rings. The van der Waals surface area contributed by atoms with Crippen LogP contribution in [-0.2, 0) is 20.7 Å². The number of morpholine rings is 1. The second kappa shape index (κ2) is 10.5. The molecule has 1 aliphatic heterocycles. The van der Waals surface area contributed by atoms with Crippen molar-refractivity contribution in [2.45, 2.75) is 19.4 Å². The van der Waals surface area contributed by atoms with E-state index in [0.29, 0.717) is 31.8 Å². The van der Waals surface area contributed by atoms with Gasteiger partial charge in [0.1, 0.15) is 11.8 Å². The van der Waals surface area contributed by atoms with Gasteiger partial charge in [-0.3, -0.25) is 0 Å². The maximum absolute atomic E-state index is 12.6. The number of carbonyl (C=O) groups is 1. The lowest BCUT2D eigenvalue weighted by Gasteiger charge is -2.29. The van der Waals surface area contributed by atoms with Crippen molar-refractivity contribution in [3.63, 3.8) is 0 Å². The topological polar surface area (TPSA) is 83.8 Å². The molecule has 7 heteroatoms. The molecule has 0 amide bonds. The average molecular weight is 409 g/mol. The van der Waals surface area contributed by atoms with Gasteiger partial charge in [-0.1, -0.05) is 0 Å². The molecule has 1 aliphatic rings. The summed E-state index contributed by atoms with van der Waals surface area (Å²) in [5.41, 5.74) is 3.34. The van der Waals surface area contributed by atoms with Crippen LogP contribution in [-0.4, -0.2) is 52.0 Å². The second-order valence-electron chi connectivity index (χ2n) is 6.98. The van der Waals surface area contributed by atoms with Crippen LogP contribution < -0.4 is 15.0 Å². The first-order valence-corrected chi connectivity index (χ1v) is 10.1.